The number of fused-ring (bicyclic) bond motifs is 2. The van der Waals surface area contributed by atoms with E-state index in [1.807, 2.05) is 6.08 Å². The van der Waals surface area contributed by atoms with E-state index < -0.39 is 23.5 Å². The van der Waals surface area contributed by atoms with E-state index >= 15 is 4.39 Å². The highest BCUT2D eigenvalue weighted by Gasteiger charge is 2.47. The quantitative estimate of drug-likeness (QED) is 0.281. The van der Waals surface area contributed by atoms with Gasteiger partial charge in [0.15, 0.2) is 23.6 Å². The van der Waals surface area contributed by atoms with Crippen LogP contribution in [0.3, 0.4) is 0 Å². The van der Waals surface area contributed by atoms with Crippen molar-refractivity contribution in [1.29, 1.82) is 0 Å². The molecule has 2 fully saturated rings. The molecule has 2 heterocycles. The maximum atomic E-state index is 15.5. The number of rotatable bonds is 8. The third-order valence-electron chi connectivity index (χ3n) is 8.30. The second-order valence-corrected chi connectivity index (χ2v) is 10.8. The van der Waals surface area contributed by atoms with Crippen LogP contribution in [0.5, 0.6) is 5.75 Å². The molecule has 2 aromatic rings. The molecule has 0 spiro atoms. The maximum absolute atomic E-state index is 15.5. The summed E-state index contributed by atoms with van der Waals surface area (Å²) in [7, 11) is 0. The number of ether oxygens (including phenoxy) is 4. The first-order valence-electron chi connectivity index (χ1n) is 14.3. The molecule has 0 aromatic heterocycles. The van der Waals surface area contributed by atoms with Crippen molar-refractivity contribution in [2.45, 2.75) is 76.8 Å². The van der Waals surface area contributed by atoms with Crippen molar-refractivity contribution < 1.29 is 37.3 Å². The average Bonchev–Trinajstić information content (AvgIpc) is 3.15. The highest BCUT2D eigenvalue weighted by atomic mass is 19.1. The maximum Gasteiger partial charge on any atom is 0.341 e. The van der Waals surface area contributed by atoms with Crippen molar-refractivity contribution in [3.63, 3.8) is 0 Å². The summed E-state index contributed by atoms with van der Waals surface area (Å²) in [6, 6.07) is 9.46. The molecule has 0 amide bonds. The number of aryl methyl sites for hydroxylation is 1. The standard InChI is InChI=1S/C32H36F2O6/c1-3-37-32(36)24-14-12-20-11-13-22-23(15-16-26(35)19(2)21-8-4-5-9-25(21)33)27(39-29-10-6-7-17-38-29)18-28(22)40-31(20)30(24)34/h4-5,8-9,12,14-16,19,22-23,27-29H,3,6-7,10-11,13,17-18H2,1-2H3/b16-15+/t19-,22+,23+,27+,28-,29?/m0/s1. The predicted molar refractivity (Wildman–Crippen MR) is 144 cm³/mol. The molecule has 0 N–H and O–H groups in total. The first-order valence-corrected chi connectivity index (χ1v) is 14.3. The summed E-state index contributed by atoms with van der Waals surface area (Å²) in [5.41, 5.74) is 0.899. The second-order valence-electron chi connectivity index (χ2n) is 10.8. The van der Waals surface area contributed by atoms with Crippen molar-refractivity contribution >= 4 is 11.8 Å². The van der Waals surface area contributed by atoms with Crippen LogP contribution in [0.2, 0.25) is 0 Å². The number of allylic oxidation sites excluding steroid dienone is 1. The van der Waals surface area contributed by atoms with Gasteiger partial charge in [0.25, 0.3) is 0 Å². The van der Waals surface area contributed by atoms with Gasteiger partial charge in [-0.1, -0.05) is 37.3 Å². The number of carbonyl (C=O) groups is 2. The Morgan fingerprint density at radius 2 is 1.95 bits per heavy atom. The Morgan fingerprint density at radius 3 is 2.70 bits per heavy atom. The molecule has 1 saturated carbocycles. The van der Waals surface area contributed by atoms with E-state index in [2.05, 4.69) is 0 Å². The van der Waals surface area contributed by atoms with Gasteiger partial charge in [0.05, 0.1) is 18.3 Å². The molecule has 1 saturated heterocycles. The van der Waals surface area contributed by atoms with Crippen LogP contribution in [-0.2, 0) is 25.4 Å². The lowest BCUT2D eigenvalue weighted by Crippen LogP contribution is -2.31. The van der Waals surface area contributed by atoms with E-state index in [-0.39, 0.29) is 54.0 Å². The minimum atomic E-state index is -0.724. The third kappa shape index (κ3) is 5.98. The fourth-order valence-corrected chi connectivity index (χ4v) is 6.11. The lowest BCUT2D eigenvalue weighted by molar-refractivity contribution is -0.193. The SMILES string of the molecule is CCOC(=O)c1ccc2c(c1F)O[C@H]1C[C@@H](OC3CCCCO3)[C@H](/C=C/C(=O)[C@@H](C)c3ccccc3F)[C@H]1CC2. The summed E-state index contributed by atoms with van der Waals surface area (Å²) in [6.45, 7) is 4.15. The summed E-state index contributed by atoms with van der Waals surface area (Å²) in [6.07, 6.45) is 6.87. The van der Waals surface area contributed by atoms with Gasteiger partial charge < -0.3 is 18.9 Å². The van der Waals surface area contributed by atoms with Gasteiger partial charge in [0.1, 0.15) is 11.9 Å². The highest BCUT2D eigenvalue weighted by molar-refractivity contribution is 5.95. The van der Waals surface area contributed by atoms with Crippen LogP contribution < -0.4 is 4.74 Å². The van der Waals surface area contributed by atoms with Gasteiger partial charge in [0, 0.05) is 30.8 Å². The van der Waals surface area contributed by atoms with E-state index in [0.29, 0.717) is 37.0 Å². The molecule has 2 aromatic carbocycles. The number of benzene rings is 2. The van der Waals surface area contributed by atoms with Gasteiger partial charge in [-0.25, -0.2) is 13.6 Å². The zero-order valence-electron chi connectivity index (χ0n) is 22.9. The van der Waals surface area contributed by atoms with Gasteiger partial charge >= 0.3 is 5.97 Å². The minimum Gasteiger partial charge on any atom is -0.487 e. The molecule has 0 radical (unpaired) electrons. The smallest absolute Gasteiger partial charge is 0.341 e. The number of carbonyl (C=O) groups excluding carboxylic acids is 2. The topological polar surface area (TPSA) is 71.1 Å². The third-order valence-corrected chi connectivity index (χ3v) is 8.30. The molecule has 214 valence electrons. The molecule has 1 aliphatic carbocycles. The lowest BCUT2D eigenvalue weighted by Gasteiger charge is -2.29. The predicted octanol–water partition coefficient (Wildman–Crippen LogP) is 6.31. The van der Waals surface area contributed by atoms with Gasteiger partial charge in [-0.2, -0.15) is 0 Å². The van der Waals surface area contributed by atoms with E-state index in [9.17, 15) is 14.0 Å². The molecule has 6 atom stereocenters. The molecule has 2 aliphatic heterocycles. The molecule has 1 unspecified atom stereocenters. The summed E-state index contributed by atoms with van der Waals surface area (Å²) in [5.74, 6) is -2.85. The van der Waals surface area contributed by atoms with Gasteiger partial charge in [0.2, 0.25) is 0 Å². The van der Waals surface area contributed by atoms with Gasteiger partial charge in [-0.15, -0.1) is 0 Å². The van der Waals surface area contributed by atoms with Crippen molar-refractivity contribution in [1.82, 2.24) is 0 Å². The molecular formula is C32H36F2O6. The Hall–Kier alpha value is -3.10. The molecule has 0 bridgehead atoms. The average molecular weight is 555 g/mol. The van der Waals surface area contributed by atoms with Crippen molar-refractivity contribution in [2.75, 3.05) is 13.2 Å². The molecule has 6 nitrogen and oxygen atoms in total. The molecule has 3 aliphatic rings. The molecular weight excluding hydrogens is 518 g/mol. The first-order chi connectivity index (χ1) is 19.4. The van der Waals surface area contributed by atoms with Gasteiger partial charge in [-0.05, 0) is 68.4 Å². The summed E-state index contributed by atoms with van der Waals surface area (Å²) in [4.78, 5) is 25.4. The molecule has 5 rings (SSSR count). The Labute approximate surface area is 233 Å². The molecule has 40 heavy (non-hydrogen) atoms. The van der Waals surface area contributed by atoms with Crippen LogP contribution in [0, 0.1) is 23.5 Å². The van der Waals surface area contributed by atoms with E-state index in [1.165, 1.54) is 18.2 Å². The fraction of sp³-hybridized carbons (Fsp3) is 0.500. The highest BCUT2D eigenvalue weighted by Crippen LogP contribution is 2.45. The van der Waals surface area contributed by atoms with E-state index in [4.69, 9.17) is 18.9 Å². The van der Waals surface area contributed by atoms with E-state index in [0.717, 1.165) is 19.3 Å². The van der Waals surface area contributed by atoms with Crippen LogP contribution in [0.25, 0.3) is 0 Å². The number of hydrogen-bond donors (Lipinski definition) is 0. The zero-order valence-corrected chi connectivity index (χ0v) is 22.9. The Kier molecular flexibility index (Phi) is 8.96. The largest absolute Gasteiger partial charge is 0.487 e. The summed E-state index contributed by atoms with van der Waals surface area (Å²) >= 11 is 0. The Bertz CT molecular complexity index is 1250. The number of hydrogen-bond acceptors (Lipinski definition) is 6. The minimum absolute atomic E-state index is 0.0562. The number of ketones is 1. The van der Waals surface area contributed by atoms with Crippen LogP contribution in [0.4, 0.5) is 8.78 Å². The van der Waals surface area contributed by atoms with E-state index in [1.54, 1.807) is 38.1 Å². The van der Waals surface area contributed by atoms with Crippen molar-refractivity contribution in [2.24, 2.45) is 11.8 Å². The first kappa shape index (κ1) is 28.4. The van der Waals surface area contributed by atoms with Crippen LogP contribution in [0.1, 0.15) is 73.4 Å². The van der Waals surface area contributed by atoms with Crippen molar-refractivity contribution in [3.8, 4) is 5.75 Å². The lowest BCUT2D eigenvalue weighted by atomic mass is 9.87. The number of esters is 1. The normalized spacial score (nSPS) is 26.9. The Morgan fingerprint density at radius 1 is 1.12 bits per heavy atom. The monoisotopic (exact) mass is 554 g/mol. The fourth-order valence-electron chi connectivity index (χ4n) is 6.11. The number of halogens is 2. The van der Waals surface area contributed by atoms with Crippen LogP contribution in [-0.4, -0.2) is 43.5 Å². The zero-order chi connectivity index (χ0) is 28.2. The molecule has 8 heteroatoms. The van der Waals surface area contributed by atoms with Gasteiger partial charge in [-0.3, -0.25) is 4.79 Å². The van der Waals surface area contributed by atoms with Crippen LogP contribution >= 0.6 is 0 Å². The summed E-state index contributed by atoms with van der Waals surface area (Å²) < 4.78 is 53.4. The summed E-state index contributed by atoms with van der Waals surface area (Å²) in [5, 5.41) is 0. The van der Waals surface area contributed by atoms with Crippen LogP contribution in [0.15, 0.2) is 48.6 Å². The Balaban J connectivity index is 1.39. The van der Waals surface area contributed by atoms with Crippen molar-refractivity contribution in [3.05, 3.63) is 76.9 Å². The second kappa shape index (κ2) is 12.6.